The lowest BCUT2D eigenvalue weighted by Crippen LogP contribution is -2.60. The summed E-state index contributed by atoms with van der Waals surface area (Å²) in [5.74, 6) is -1.41. The van der Waals surface area contributed by atoms with E-state index in [4.69, 9.17) is 18.9 Å². The van der Waals surface area contributed by atoms with Crippen molar-refractivity contribution in [2.75, 3.05) is 47.9 Å². The number of fused-ring (bicyclic) bond motifs is 1. The number of hydrogen-bond donors (Lipinski definition) is 0. The second kappa shape index (κ2) is 64.8. The number of hydrogen-bond acceptors (Lipinski definition) is 8. The molecule has 8 heteroatoms. The summed E-state index contributed by atoms with van der Waals surface area (Å²) in [7, 11) is 8.22. The van der Waals surface area contributed by atoms with Crippen LogP contribution in [0.15, 0.2) is 97.2 Å². The van der Waals surface area contributed by atoms with E-state index in [1.807, 2.05) is 14.1 Å². The summed E-state index contributed by atoms with van der Waals surface area (Å²) in [4.78, 5) is 35.0. The molecule has 1 heterocycles. The summed E-state index contributed by atoms with van der Waals surface area (Å²) in [6.45, 7) is 10.3. The van der Waals surface area contributed by atoms with Gasteiger partial charge in [-0.3, -0.25) is 9.59 Å². The van der Waals surface area contributed by atoms with E-state index in [0.717, 1.165) is 128 Å². The molecule has 1 saturated carbocycles. The molecule has 2 aliphatic rings. The van der Waals surface area contributed by atoms with Gasteiger partial charge in [-0.15, -0.1) is 0 Å². The molecule has 0 aromatic rings. The Balaban J connectivity index is 2.21. The van der Waals surface area contributed by atoms with Crippen LogP contribution in [0.2, 0.25) is 0 Å². The molecule has 2 fully saturated rings. The maximum Gasteiger partial charge on any atom is 0.325 e. The zero-order valence-electron chi connectivity index (χ0n) is 65.2. The molecule has 2 unspecified atom stereocenters. The van der Waals surface area contributed by atoms with Crippen molar-refractivity contribution in [2.24, 2.45) is 11.3 Å². The lowest BCUT2D eigenvalue weighted by Gasteiger charge is -2.46. The second-order valence-corrected chi connectivity index (χ2v) is 29.8. The van der Waals surface area contributed by atoms with Gasteiger partial charge in [0.1, 0.15) is 0 Å². The van der Waals surface area contributed by atoms with E-state index in [1.54, 1.807) is 0 Å². The third kappa shape index (κ3) is 46.8. The Hall–Kier alpha value is -3.30. The van der Waals surface area contributed by atoms with E-state index in [-0.39, 0.29) is 18.1 Å². The lowest BCUT2D eigenvalue weighted by molar-refractivity contribution is -0.188. The van der Waals surface area contributed by atoms with E-state index in [0.29, 0.717) is 26.2 Å². The summed E-state index contributed by atoms with van der Waals surface area (Å²) < 4.78 is 27.5. The van der Waals surface area contributed by atoms with Gasteiger partial charge in [-0.25, -0.2) is 0 Å². The first-order chi connectivity index (χ1) is 47.6. The number of esters is 2. The highest BCUT2D eigenvalue weighted by Gasteiger charge is 2.60. The summed E-state index contributed by atoms with van der Waals surface area (Å²) in [6.07, 6.45) is 99.0. The molecule has 0 amide bonds. The van der Waals surface area contributed by atoms with Gasteiger partial charge in [0, 0.05) is 18.9 Å². The first kappa shape index (κ1) is 89.8. The Bertz CT molecular complexity index is 1990. The largest absolute Gasteiger partial charge is 0.465 e. The Morgan fingerprint density at radius 2 is 0.670 bits per heavy atom. The number of allylic oxidation sites excluding steroid dienone is 16. The van der Waals surface area contributed by atoms with Crippen molar-refractivity contribution >= 4 is 11.9 Å². The van der Waals surface area contributed by atoms with E-state index in [2.05, 4.69) is 149 Å². The first-order valence-corrected chi connectivity index (χ1v) is 41.8. The molecule has 5 atom stereocenters. The number of unbranched alkanes of at least 4 members (excludes halogenated alkanes) is 36. The Morgan fingerprint density at radius 3 is 1.00 bits per heavy atom. The van der Waals surface area contributed by atoms with E-state index in [1.165, 1.54) is 212 Å². The van der Waals surface area contributed by atoms with Gasteiger partial charge in [0.15, 0.2) is 11.2 Å². The molecule has 8 nitrogen and oxygen atoms in total. The van der Waals surface area contributed by atoms with Crippen LogP contribution in [0.25, 0.3) is 0 Å². The molecule has 97 heavy (non-hydrogen) atoms. The maximum atomic E-state index is 15.4. The van der Waals surface area contributed by atoms with Crippen LogP contribution < -0.4 is 0 Å². The normalized spacial score (nSPS) is 18.3. The monoisotopic (exact) mass is 1350 g/mol. The third-order valence-corrected chi connectivity index (χ3v) is 20.4. The minimum absolute atomic E-state index is 0.00381. The number of carbonyl (C=O) groups is 2. The Labute approximate surface area is 602 Å². The van der Waals surface area contributed by atoms with Crippen molar-refractivity contribution in [3.63, 3.8) is 0 Å². The summed E-state index contributed by atoms with van der Waals surface area (Å²) in [5, 5.41) is 0. The van der Waals surface area contributed by atoms with Crippen LogP contribution in [0.3, 0.4) is 0 Å². The SMILES string of the molecule is CCCCC/C=C\C/C=C\CCCCCCCCOC(=O)C(CCN(C)C)(C(=O)OCCCCCCCC/C=C\C/C=C\CCCCC)C([C@@H]1CC[C@@H]2OC(CCCCCCC/C=C\C/C=C\CCCCCC)(CCCCCCCC/C=C\C/C=C\CCCCC)O[C@@H]2C1)N(C)C. The number of rotatable bonds is 68. The van der Waals surface area contributed by atoms with Gasteiger partial charge in [-0.2, -0.15) is 0 Å². The van der Waals surface area contributed by atoms with Crippen molar-refractivity contribution in [3.05, 3.63) is 97.2 Å². The van der Waals surface area contributed by atoms with Crippen LogP contribution in [0.4, 0.5) is 0 Å². The van der Waals surface area contributed by atoms with Crippen LogP contribution in [0, 0.1) is 11.3 Å². The van der Waals surface area contributed by atoms with Gasteiger partial charge < -0.3 is 28.7 Å². The average molecular weight is 1350 g/mol. The minimum atomic E-state index is -1.50. The fourth-order valence-electron chi connectivity index (χ4n) is 14.5. The van der Waals surface area contributed by atoms with Gasteiger partial charge in [-0.05, 0) is 220 Å². The third-order valence-electron chi connectivity index (χ3n) is 20.4. The highest BCUT2D eigenvalue weighted by Crippen LogP contribution is 2.49. The van der Waals surface area contributed by atoms with Gasteiger partial charge in [0.2, 0.25) is 0 Å². The molecule has 0 N–H and O–H groups in total. The van der Waals surface area contributed by atoms with E-state index < -0.39 is 29.2 Å². The minimum Gasteiger partial charge on any atom is -0.465 e. The van der Waals surface area contributed by atoms with Crippen LogP contribution in [-0.4, -0.2) is 93.7 Å². The highest BCUT2D eigenvalue weighted by molar-refractivity contribution is 6.01. The standard InChI is InChI=1S/C89H158N2O6/c1-9-13-17-21-25-29-33-37-41-45-49-53-57-61-65-69-75-88(76-70-66-62-58-54-50-46-42-38-34-30-26-22-18-14-10-2)96-83-74-73-82(81-84(83)97-88)85(91(7)8)89(77-78-90(5)6,86(92)94-79-71-67-63-59-55-51-47-43-39-35-31-27-23-19-15-11-3)87(93)95-80-72-68-64-60-56-52-48-44-40-36-32-28-24-20-16-12-4/h25,27-32,34,37,39-44,46,82-85H,9-24,26,33,35-36,38,45,47-81H2,1-8H3/b29-25-,31-27-,32-28-,34-30-,41-37-,43-39-,44-40-,46-42-/t82-,83+,84-,85?,88?/m1/s1. The van der Waals surface area contributed by atoms with Gasteiger partial charge in [0.05, 0.1) is 25.4 Å². The van der Waals surface area contributed by atoms with Gasteiger partial charge in [0.25, 0.3) is 0 Å². The lowest BCUT2D eigenvalue weighted by atomic mass is 9.66. The quantitative estimate of drug-likeness (QED) is 0.0258. The second-order valence-electron chi connectivity index (χ2n) is 29.8. The van der Waals surface area contributed by atoms with Crippen molar-refractivity contribution in [3.8, 4) is 0 Å². The number of ether oxygens (including phenoxy) is 4. The van der Waals surface area contributed by atoms with Crippen molar-refractivity contribution in [2.45, 2.75) is 398 Å². The first-order valence-electron chi connectivity index (χ1n) is 41.8. The number of carbonyl (C=O) groups excluding carboxylic acids is 2. The molecule has 0 radical (unpaired) electrons. The molecule has 0 aromatic carbocycles. The molecule has 1 saturated heterocycles. The van der Waals surface area contributed by atoms with Crippen molar-refractivity contribution in [1.82, 2.24) is 9.80 Å². The van der Waals surface area contributed by atoms with Crippen molar-refractivity contribution in [1.29, 1.82) is 0 Å². The van der Waals surface area contributed by atoms with E-state index in [9.17, 15) is 0 Å². The van der Waals surface area contributed by atoms with E-state index >= 15 is 9.59 Å². The Kier molecular flexibility index (Phi) is 60.0. The summed E-state index contributed by atoms with van der Waals surface area (Å²) in [6, 6.07) is -0.432. The number of nitrogens with zero attached hydrogens (tertiary/aromatic N) is 2. The molecule has 2 rings (SSSR count). The van der Waals surface area contributed by atoms with Crippen molar-refractivity contribution < 1.29 is 28.5 Å². The Morgan fingerprint density at radius 1 is 0.381 bits per heavy atom. The summed E-state index contributed by atoms with van der Waals surface area (Å²) >= 11 is 0. The zero-order valence-corrected chi connectivity index (χ0v) is 65.2. The molecule has 0 spiro atoms. The van der Waals surface area contributed by atoms with Crippen LogP contribution in [-0.2, 0) is 28.5 Å². The maximum absolute atomic E-state index is 15.4. The molecular weight excluding hydrogens is 1190 g/mol. The fourth-order valence-corrected chi connectivity index (χ4v) is 14.5. The predicted octanol–water partition coefficient (Wildman–Crippen LogP) is 26.3. The van der Waals surface area contributed by atoms with Gasteiger partial charge >= 0.3 is 11.9 Å². The fraction of sp³-hybridized carbons (Fsp3) is 0.798. The van der Waals surface area contributed by atoms with Crippen LogP contribution in [0.1, 0.15) is 374 Å². The molecule has 0 bridgehead atoms. The highest BCUT2D eigenvalue weighted by atomic mass is 16.8. The average Bonchev–Trinajstić information content (AvgIpc) is 1.71. The molecule has 560 valence electrons. The van der Waals surface area contributed by atoms with Gasteiger partial charge in [-0.1, -0.05) is 279 Å². The molecule has 0 aromatic heterocycles. The smallest absolute Gasteiger partial charge is 0.325 e. The predicted molar refractivity (Wildman–Crippen MR) is 421 cm³/mol. The molecule has 1 aliphatic carbocycles. The van der Waals surface area contributed by atoms with Crippen LogP contribution in [0.5, 0.6) is 0 Å². The summed E-state index contributed by atoms with van der Waals surface area (Å²) in [5.41, 5.74) is -1.50. The topological polar surface area (TPSA) is 77.5 Å². The molecule has 1 aliphatic heterocycles. The molecular formula is C89H158N2O6. The zero-order chi connectivity index (χ0) is 70.1. The van der Waals surface area contributed by atoms with Crippen LogP contribution >= 0.6 is 0 Å².